The van der Waals surface area contributed by atoms with Crippen molar-refractivity contribution in [1.29, 1.82) is 0 Å². The summed E-state index contributed by atoms with van der Waals surface area (Å²) in [5, 5.41) is 10.5. The van der Waals surface area contributed by atoms with Crippen molar-refractivity contribution >= 4 is 5.91 Å². The first-order valence-electron chi connectivity index (χ1n) is 10.2. The number of hydrogen-bond donors (Lipinski definition) is 1. The van der Waals surface area contributed by atoms with Crippen LogP contribution in [0.25, 0.3) is 0 Å². The number of carbonyl (C=O) groups is 1. The van der Waals surface area contributed by atoms with Crippen molar-refractivity contribution in [3.8, 4) is 5.75 Å². The maximum atomic E-state index is 13.3. The quantitative estimate of drug-likeness (QED) is 0.637. The van der Waals surface area contributed by atoms with Crippen molar-refractivity contribution < 1.29 is 36.2 Å². The molecule has 1 aliphatic heterocycles. The summed E-state index contributed by atoms with van der Waals surface area (Å²) in [4.78, 5) is 12.5. The third-order valence-corrected chi connectivity index (χ3v) is 5.43. The molecule has 2 aliphatic rings. The van der Waals surface area contributed by atoms with E-state index in [1.165, 1.54) is 18.2 Å². The predicted octanol–water partition coefficient (Wildman–Crippen LogP) is 3.95. The molecule has 11 heteroatoms. The van der Waals surface area contributed by atoms with Gasteiger partial charge < -0.3 is 14.5 Å². The van der Waals surface area contributed by atoms with E-state index in [9.17, 15) is 22.4 Å². The molecule has 0 unspecified atom stereocenters. The van der Waals surface area contributed by atoms with Gasteiger partial charge in [0.2, 0.25) is 11.8 Å². The maximum Gasteiger partial charge on any atom is 0.522 e. The summed E-state index contributed by atoms with van der Waals surface area (Å²) in [7, 11) is 0. The van der Waals surface area contributed by atoms with Crippen LogP contribution in [-0.2, 0) is 22.4 Å². The average molecular weight is 455 g/mol. The van der Waals surface area contributed by atoms with E-state index in [4.69, 9.17) is 9.15 Å². The highest BCUT2D eigenvalue weighted by molar-refractivity contribution is 5.83. The van der Waals surface area contributed by atoms with Gasteiger partial charge in [-0.25, -0.2) is 4.39 Å². The smallest absolute Gasteiger partial charge is 0.480 e. The van der Waals surface area contributed by atoms with Gasteiger partial charge >= 0.3 is 6.36 Å². The zero-order valence-corrected chi connectivity index (χ0v) is 17.0. The monoisotopic (exact) mass is 455 g/mol. The van der Waals surface area contributed by atoms with E-state index in [0.717, 1.165) is 5.56 Å². The minimum atomic E-state index is -4.65. The van der Waals surface area contributed by atoms with Crippen LogP contribution in [0.4, 0.5) is 17.6 Å². The number of alkyl halides is 3. The van der Waals surface area contributed by atoms with Crippen molar-refractivity contribution in [2.75, 3.05) is 0 Å². The number of benzene rings is 1. The molecule has 0 spiro atoms. The largest absolute Gasteiger partial charge is 0.522 e. The van der Waals surface area contributed by atoms with Crippen LogP contribution in [0, 0.1) is 5.82 Å². The Kier molecular flexibility index (Phi) is 6.18. The third-order valence-electron chi connectivity index (χ3n) is 5.43. The lowest BCUT2D eigenvalue weighted by Crippen LogP contribution is -2.39. The van der Waals surface area contributed by atoms with Gasteiger partial charge in [0, 0.05) is 18.0 Å². The molecule has 2 heterocycles. The number of aromatic nitrogens is 2. The summed E-state index contributed by atoms with van der Waals surface area (Å²) < 4.78 is 65.0. The zero-order chi connectivity index (χ0) is 22.9. The Bertz CT molecular complexity index is 1000. The number of aryl methyl sites for hydroxylation is 2. The number of rotatable bonds is 7. The SMILES string of the molecule is C=C(CCc1nnc([C@H]2C[C@@H](OC(F)(F)F)C2)o1)NC(=O)[C@@H]1CCc2cc(F)ccc2O1. The maximum absolute atomic E-state index is 13.3. The Hall–Kier alpha value is -2.95. The van der Waals surface area contributed by atoms with Crippen LogP contribution >= 0.6 is 0 Å². The molecule has 4 rings (SSSR count). The standard InChI is InChI=1S/C21H21F4N3O4/c1-11(26-19(29)17-5-3-12-8-14(22)4-6-16(12)30-17)2-7-18-27-28-20(31-18)13-9-15(10-13)32-21(23,24)25/h4,6,8,13,15,17H,1-3,5,7,9-10H2,(H,26,29)/t13-,15+,17-/m0/s1. The van der Waals surface area contributed by atoms with E-state index in [0.29, 0.717) is 43.0 Å². The van der Waals surface area contributed by atoms with Gasteiger partial charge in [0.15, 0.2) is 6.10 Å². The lowest BCUT2D eigenvalue weighted by atomic mass is 9.82. The first-order valence-corrected chi connectivity index (χ1v) is 10.2. The average Bonchev–Trinajstić information content (AvgIpc) is 3.16. The molecule has 0 bridgehead atoms. The van der Waals surface area contributed by atoms with Gasteiger partial charge in [0.05, 0.1) is 6.10 Å². The second-order valence-electron chi connectivity index (χ2n) is 7.88. The second-order valence-corrected chi connectivity index (χ2v) is 7.88. The van der Waals surface area contributed by atoms with Crippen molar-refractivity contribution in [2.24, 2.45) is 0 Å². The van der Waals surface area contributed by atoms with Gasteiger partial charge in [-0.1, -0.05) is 6.58 Å². The summed E-state index contributed by atoms with van der Waals surface area (Å²) in [6.07, 6.45) is -4.31. The van der Waals surface area contributed by atoms with Crippen molar-refractivity contribution in [1.82, 2.24) is 15.5 Å². The van der Waals surface area contributed by atoms with Gasteiger partial charge in [-0.3, -0.25) is 9.53 Å². The van der Waals surface area contributed by atoms with E-state index in [2.05, 4.69) is 26.8 Å². The highest BCUT2D eigenvalue weighted by Gasteiger charge is 2.42. The number of fused-ring (bicyclic) bond motifs is 1. The number of nitrogens with zero attached hydrogens (tertiary/aromatic N) is 2. The van der Waals surface area contributed by atoms with Gasteiger partial charge in [-0.2, -0.15) is 0 Å². The summed E-state index contributed by atoms with van der Waals surface area (Å²) in [6, 6.07) is 4.18. The van der Waals surface area contributed by atoms with Crippen LogP contribution in [0.2, 0.25) is 0 Å². The third kappa shape index (κ3) is 5.45. The summed E-state index contributed by atoms with van der Waals surface area (Å²) >= 11 is 0. The van der Waals surface area contributed by atoms with E-state index in [-0.39, 0.29) is 36.4 Å². The molecule has 2 aromatic rings. The minimum absolute atomic E-state index is 0.168. The fourth-order valence-corrected chi connectivity index (χ4v) is 3.70. The van der Waals surface area contributed by atoms with Crippen LogP contribution in [0.15, 0.2) is 34.9 Å². The van der Waals surface area contributed by atoms with Crippen LogP contribution in [0.1, 0.15) is 48.9 Å². The molecule has 1 saturated carbocycles. The van der Waals surface area contributed by atoms with Crippen molar-refractivity contribution in [2.45, 2.75) is 63.0 Å². The van der Waals surface area contributed by atoms with Crippen LogP contribution in [0.5, 0.6) is 5.75 Å². The van der Waals surface area contributed by atoms with Crippen LogP contribution in [0.3, 0.4) is 0 Å². The van der Waals surface area contributed by atoms with Crippen molar-refractivity contribution in [3.63, 3.8) is 0 Å². The Morgan fingerprint density at radius 3 is 2.81 bits per heavy atom. The Labute approximate surface area is 180 Å². The number of nitrogens with one attached hydrogen (secondary N) is 1. The molecular weight excluding hydrogens is 434 g/mol. The fraction of sp³-hybridized carbons (Fsp3) is 0.476. The normalized spacial score (nSPS) is 22.4. The number of carbonyl (C=O) groups excluding carboxylic acids is 1. The molecular formula is C21H21F4N3O4. The molecule has 7 nitrogen and oxygen atoms in total. The van der Waals surface area contributed by atoms with Crippen LogP contribution in [-0.4, -0.2) is 34.7 Å². The molecule has 1 aliphatic carbocycles. The Morgan fingerprint density at radius 2 is 2.06 bits per heavy atom. The number of hydrogen-bond acceptors (Lipinski definition) is 6. The molecule has 1 N–H and O–H groups in total. The van der Waals surface area contributed by atoms with Gasteiger partial charge in [-0.05, 0) is 55.9 Å². The minimum Gasteiger partial charge on any atom is -0.480 e. The van der Waals surface area contributed by atoms with Gasteiger partial charge in [0.25, 0.3) is 5.91 Å². The van der Waals surface area contributed by atoms with E-state index in [1.54, 1.807) is 0 Å². The number of allylic oxidation sites excluding steroid dienone is 1. The number of ether oxygens (including phenoxy) is 2. The predicted molar refractivity (Wildman–Crippen MR) is 102 cm³/mol. The molecule has 1 atom stereocenters. The molecule has 32 heavy (non-hydrogen) atoms. The lowest BCUT2D eigenvalue weighted by Gasteiger charge is -2.32. The van der Waals surface area contributed by atoms with Crippen LogP contribution < -0.4 is 10.1 Å². The summed E-state index contributed by atoms with van der Waals surface area (Å²) in [6.45, 7) is 3.82. The zero-order valence-electron chi connectivity index (χ0n) is 17.0. The summed E-state index contributed by atoms with van der Waals surface area (Å²) in [5.41, 5.74) is 1.16. The molecule has 1 aromatic carbocycles. The van der Waals surface area contributed by atoms with E-state index in [1.807, 2.05) is 0 Å². The first kappa shape index (κ1) is 22.3. The Balaban J connectivity index is 1.20. The fourth-order valence-electron chi connectivity index (χ4n) is 3.70. The second kappa shape index (κ2) is 8.89. The lowest BCUT2D eigenvalue weighted by molar-refractivity contribution is -0.352. The highest BCUT2D eigenvalue weighted by atomic mass is 19.4. The molecule has 1 aromatic heterocycles. The van der Waals surface area contributed by atoms with Gasteiger partial charge in [0.1, 0.15) is 11.6 Å². The molecule has 172 valence electrons. The summed E-state index contributed by atoms with van der Waals surface area (Å²) in [5.74, 6) is 0.121. The topological polar surface area (TPSA) is 86.5 Å². The molecule has 1 amide bonds. The Morgan fingerprint density at radius 1 is 1.28 bits per heavy atom. The van der Waals surface area contributed by atoms with Crippen molar-refractivity contribution in [3.05, 3.63) is 53.6 Å². The van der Waals surface area contributed by atoms with Gasteiger partial charge in [-0.15, -0.1) is 23.4 Å². The number of amides is 1. The number of halogens is 4. The molecule has 1 fully saturated rings. The van der Waals surface area contributed by atoms with E-state index >= 15 is 0 Å². The highest BCUT2D eigenvalue weighted by Crippen LogP contribution is 2.40. The van der Waals surface area contributed by atoms with E-state index < -0.39 is 18.6 Å². The molecule has 0 saturated heterocycles. The first-order chi connectivity index (χ1) is 15.2. The molecule has 0 radical (unpaired) electrons.